The molecule has 0 radical (unpaired) electrons. The normalized spacial score (nSPS) is 11.0. The highest BCUT2D eigenvalue weighted by Crippen LogP contribution is 2.30. The third-order valence-corrected chi connectivity index (χ3v) is 6.21. The summed E-state index contributed by atoms with van der Waals surface area (Å²) in [7, 11) is 0. The summed E-state index contributed by atoms with van der Waals surface area (Å²) in [4.78, 5) is 13.5. The molecule has 0 bridgehead atoms. The van der Waals surface area contributed by atoms with Crippen LogP contribution in [-0.4, -0.2) is 22.8 Å². The molecule has 0 aliphatic rings. The molecule has 0 spiro atoms. The van der Waals surface area contributed by atoms with Crippen molar-refractivity contribution in [3.8, 4) is 0 Å². The van der Waals surface area contributed by atoms with Gasteiger partial charge in [-0.1, -0.05) is 78.4 Å². The van der Waals surface area contributed by atoms with E-state index < -0.39 is 0 Å². The quantitative estimate of drug-likeness (QED) is 0.389. The lowest BCUT2D eigenvalue weighted by molar-refractivity contribution is -0.118. The van der Waals surface area contributed by atoms with E-state index in [1.165, 1.54) is 27.6 Å². The zero-order valence-electron chi connectivity index (χ0n) is 17.2. The first-order chi connectivity index (χ1) is 14.7. The SMILES string of the molecule is Cc1ccc(Cn2cc(SCC(=O)NCCc3ccccc3)c3ccccc32)cc1. The number of carbonyl (C=O) groups excluding carboxylic acids is 1. The molecule has 4 aromatic rings. The average molecular weight is 415 g/mol. The largest absolute Gasteiger partial charge is 0.355 e. The van der Waals surface area contributed by atoms with Gasteiger partial charge in [0.25, 0.3) is 0 Å². The Morgan fingerprint density at radius 2 is 1.63 bits per heavy atom. The van der Waals surface area contributed by atoms with Gasteiger partial charge in [-0.3, -0.25) is 4.79 Å². The summed E-state index contributed by atoms with van der Waals surface area (Å²) in [6.45, 7) is 3.59. The first-order valence-electron chi connectivity index (χ1n) is 10.3. The Balaban J connectivity index is 1.39. The van der Waals surface area contributed by atoms with Crippen LogP contribution in [0.15, 0.2) is 90.0 Å². The van der Waals surface area contributed by atoms with Gasteiger partial charge in [-0.15, -0.1) is 11.8 Å². The number of fused-ring (bicyclic) bond motifs is 1. The fourth-order valence-corrected chi connectivity index (χ4v) is 4.45. The number of aryl methyl sites for hydroxylation is 1. The van der Waals surface area contributed by atoms with Gasteiger partial charge in [-0.25, -0.2) is 0 Å². The van der Waals surface area contributed by atoms with Crippen molar-refractivity contribution in [2.45, 2.75) is 24.8 Å². The highest BCUT2D eigenvalue weighted by molar-refractivity contribution is 8.00. The number of benzene rings is 3. The van der Waals surface area contributed by atoms with Gasteiger partial charge in [0, 0.05) is 35.1 Å². The molecule has 3 nitrogen and oxygen atoms in total. The van der Waals surface area contributed by atoms with E-state index in [-0.39, 0.29) is 5.91 Å². The Bertz CT molecular complexity index is 1120. The Morgan fingerprint density at radius 1 is 0.900 bits per heavy atom. The molecule has 0 unspecified atom stereocenters. The maximum atomic E-state index is 12.3. The Kier molecular flexibility index (Phi) is 6.55. The number of nitrogens with one attached hydrogen (secondary N) is 1. The number of hydrogen-bond donors (Lipinski definition) is 1. The van der Waals surface area contributed by atoms with Crippen LogP contribution in [0, 0.1) is 6.92 Å². The number of nitrogens with zero attached hydrogens (tertiary/aromatic N) is 1. The highest BCUT2D eigenvalue weighted by atomic mass is 32.2. The van der Waals surface area contributed by atoms with Gasteiger partial charge in [0.05, 0.1) is 5.75 Å². The molecule has 4 heteroatoms. The van der Waals surface area contributed by atoms with Crippen molar-refractivity contribution in [2.24, 2.45) is 0 Å². The first-order valence-corrected chi connectivity index (χ1v) is 11.2. The number of carbonyl (C=O) groups is 1. The molecular formula is C26H26N2OS. The fourth-order valence-electron chi connectivity index (χ4n) is 3.53. The smallest absolute Gasteiger partial charge is 0.230 e. The van der Waals surface area contributed by atoms with E-state index in [4.69, 9.17) is 0 Å². The summed E-state index contributed by atoms with van der Waals surface area (Å²) in [5, 5.41) is 4.24. The molecule has 1 aromatic heterocycles. The lowest BCUT2D eigenvalue weighted by Crippen LogP contribution is -2.27. The predicted molar refractivity (Wildman–Crippen MR) is 126 cm³/mol. The van der Waals surface area contributed by atoms with Crippen molar-refractivity contribution in [2.75, 3.05) is 12.3 Å². The standard InChI is InChI=1S/C26H26N2OS/c1-20-11-13-22(14-12-20)17-28-18-25(23-9-5-6-10-24(23)28)30-19-26(29)27-16-15-21-7-3-2-4-8-21/h2-14,18H,15-17,19H2,1H3,(H,27,29). The number of aromatic nitrogens is 1. The van der Waals surface area contributed by atoms with Crippen LogP contribution >= 0.6 is 11.8 Å². The lowest BCUT2D eigenvalue weighted by Gasteiger charge is -2.06. The van der Waals surface area contributed by atoms with Gasteiger partial charge in [0.2, 0.25) is 5.91 Å². The maximum absolute atomic E-state index is 12.3. The molecular weight excluding hydrogens is 388 g/mol. The van der Waals surface area contributed by atoms with E-state index in [2.05, 4.69) is 83.7 Å². The van der Waals surface area contributed by atoms with Gasteiger partial charge in [-0.2, -0.15) is 0 Å². The van der Waals surface area contributed by atoms with Crippen LogP contribution < -0.4 is 5.32 Å². The third kappa shape index (κ3) is 5.14. The molecule has 152 valence electrons. The summed E-state index contributed by atoms with van der Waals surface area (Å²) >= 11 is 1.61. The zero-order chi connectivity index (χ0) is 20.8. The van der Waals surface area contributed by atoms with Crippen LogP contribution in [0.2, 0.25) is 0 Å². The van der Waals surface area contributed by atoms with E-state index in [0.717, 1.165) is 17.9 Å². The third-order valence-electron chi connectivity index (χ3n) is 5.16. The van der Waals surface area contributed by atoms with Crippen molar-refractivity contribution in [3.05, 3.63) is 102 Å². The molecule has 0 aliphatic carbocycles. The molecule has 1 N–H and O–H groups in total. The topological polar surface area (TPSA) is 34.0 Å². The van der Waals surface area contributed by atoms with Crippen molar-refractivity contribution < 1.29 is 4.79 Å². The highest BCUT2D eigenvalue weighted by Gasteiger charge is 2.11. The number of thioether (sulfide) groups is 1. The Morgan fingerprint density at radius 3 is 2.43 bits per heavy atom. The van der Waals surface area contributed by atoms with Crippen molar-refractivity contribution >= 4 is 28.6 Å². The first kappa shape index (κ1) is 20.3. The summed E-state index contributed by atoms with van der Waals surface area (Å²) in [5.74, 6) is 0.499. The lowest BCUT2D eigenvalue weighted by atomic mass is 10.1. The van der Waals surface area contributed by atoms with Crippen molar-refractivity contribution in [3.63, 3.8) is 0 Å². The zero-order valence-corrected chi connectivity index (χ0v) is 18.0. The summed E-state index contributed by atoms with van der Waals surface area (Å²) in [6.07, 6.45) is 3.03. The molecule has 0 saturated carbocycles. The van der Waals surface area contributed by atoms with E-state index >= 15 is 0 Å². The van der Waals surface area contributed by atoms with Crippen LogP contribution in [-0.2, 0) is 17.8 Å². The van der Waals surface area contributed by atoms with Gasteiger partial charge in [0.15, 0.2) is 0 Å². The summed E-state index contributed by atoms with van der Waals surface area (Å²) in [6, 6.07) is 27.3. The molecule has 0 aliphatic heterocycles. The molecule has 1 amide bonds. The number of hydrogen-bond acceptors (Lipinski definition) is 2. The van der Waals surface area contributed by atoms with Gasteiger partial charge < -0.3 is 9.88 Å². The van der Waals surface area contributed by atoms with E-state index in [1.807, 2.05) is 18.2 Å². The van der Waals surface area contributed by atoms with Crippen LogP contribution in [0.4, 0.5) is 0 Å². The second-order valence-electron chi connectivity index (χ2n) is 7.50. The fraction of sp³-hybridized carbons (Fsp3) is 0.192. The maximum Gasteiger partial charge on any atom is 0.230 e. The molecule has 3 aromatic carbocycles. The van der Waals surface area contributed by atoms with E-state index in [9.17, 15) is 4.79 Å². The van der Waals surface area contributed by atoms with Crippen LogP contribution in [0.1, 0.15) is 16.7 Å². The van der Waals surface area contributed by atoms with Gasteiger partial charge in [-0.05, 0) is 30.5 Å². The molecule has 0 fully saturated rings. The molecule has 4 rings (SSSR count). The minimum Gasteiger partial charge on any atom is -0.355 e. The molecule has 1 heterocycles. The van der Waals surface area contributed by atoms with Crippen LogP contribution in [0.5, 0.6) is 0 Å². The monoisotopic (exact) mass is 414 g/mol. The molecule has 0 saturated heterocycles. The van der Waals surface area contributed by atoms with Crippen molar-refractivity contribution in [1.82, 2.24) is 9.88 Å². The predicted octanol–water partition coefficient (Wildman–Crippen LogP) is 5.45. The minimum atomic E-state index is 0.0753. The second-order valence-corrected chi connectivity index (χ2v) is 8.52. The van der Waals surface area contributed by atoms with E-state index in [1.54, 1.807) is 11.8 Å². The van der Waals surface area contributed by atoms with E-state index in [0.29, 0.717) is 12.3 Å². The van der Waals surface area contributed by atoms with Gasteiger partial charge in [0.1, 0.15) is 0 Å². The summed E-state index contributed by atoms with van der Waals surface area (Å²) in [5.41, 5.74) is 4.98. The van der Waals surface area contributed by atoms with Gasteiger partial charge >= 0.3 is 0 Å². The number of rotatable bonds is 8. The van der Waals surface area contributed by atoms with Crippen LogP contribution in [0.25, 0.3) is 10.9 Å². The average Bonchev–Trinajstić information content (AvgIpc) is 3.12. The molecule has 30 heavy (non-hydrogen) atoms. The Hall–Kier alpha value is -2.98. The van der Waals surface area contributed by atoms with Crippen molar-refractivity contribution in [1.29, 1.82) is 0 Å². The Labute approximate surface area is 182 Å². The minimum absolute atomic E-state index is 0.0753. The second kappa shape index (κ2) is 9.68. The van der Waals surface area contributed by atoms with Crippen LogP contribution in [0.3, 0.4) is 0 Å². The number of amides is 1. The summed E-state index contributed by atoms with van der Waals surface area (Å²) < 4.78 is 2.27. The molecule has 0 atom stereocenters. The number of para-hydroxylation sites is 1.